The summed E-state index contributed by atoms with van der Waals surface area (Å²) >= 11 is 0. The molecule has 1 unspecified atom stereocenters. The molecule has 2 aromatic heterocycles. The number of aromatic nitrogens is 3. The third-order valence-electron chi connectivity index (χ3n) is 7.91. The van der Waals surface area contributed by atoms with E-state index >= 15 is 0 Å². The average molecular weight is 564 g/mol. The number of aliphatic hydroxyl groups excluding tert-OH is 1. The van der Waals surface area contributed by atoms with Crippen molar-refractivity contribution in [1.82, 2.24) is 14.5 Å². The Morgan fingerprint density at radius 1 is 1.05 bits per heavy atom. The first-order chi connectivity index (χ1) is 20.2. The van der Waals surface area contributed by atoms with Crippen molar-refractivity contribution in [2.75, 3.05) is 33.5 Å². The number of nitrogens with one attached hydrogen (secondary N) is 2. The van der Waals surface area contributed by atoms with E-state index in [-0.39, 0.29) is 17.4 Å². The summed E-state index contributed by atoms with van der Waals surface area (Å²) in [5.41, 5.74) is 5.35. The Hall–Kier alpha value is -4.63. The van der Waals surface area contributed by atoms with E-state index in [9.17, 15) is 9.90 Å². The number of hydrogen-bond donors (Lipinski definition) is 3. The highest BCUT2D eigenvalue weighted by atomic mass is 16.3. The lowest BCUT2D eigenvalue weighted by Crippen LogP contribution is -2.29. The minimum absolute atomic E-state index is 0.0288. The molecule has 216 valence electrons. The topological polar surface area (TPSA) is 98.6 Å². The summed E-state index contributed by atoms with van der Waals surface area (Å²) in [5, 5.41) is 16.5. The molecule has 4 aromatic rings. The molecule has 1 saturated heterocycles. The van der Waals surface area contributed by atoms with Gasteiger partial charge in [0.05, 0.1) is 11.8 Å². The molecule has 42 heavy (non-hydrogen) atoms. The van der Waals surface area contributed by atoms with Gasteiger partial charge >= 0.3 is 0 Å². The van der Waals surface area contributed by atoms with Crippen LogP contribution in [0.4, 0.5) is 23.0 Å². The molecule has 1 amide bonds. The van der Waals surface area contributed by atoms with Crippen LogP contribution in [0.3, 0.4) is 0 Å². The van der Waals surface area contributed by atoms with Crippen LogP contribution in [0.2, 0.25) is 0 Å². The van der Waals surface area contributed by atoms with Crippen LogP contribution in [0.5, 0.6) is 0 Å². The normalized spacial score (nSPS) is 16.7. The number of benzene rings is 2. The van der Waals surface area contributed by atoms with Gasteiger partial charge < -0.3 is 30.1 Å². The number of β-amino-alcohol motifs (C(OH)–C–C–N with tert-alkyl or cyclic N) is 1. The van der Waals surface area contributed by atoms with Crippen LogP contribution in [0.15, 0.2) is 79.3 Å². The number of anilines is 4. The number of fused-ring (bicyclic) bond motifs is 1. The predicted octanol–water partition coefficient (Wildman–Crippen LogP) is 5.60. The molecular weight excluding hydrogens is 526 g/mol. The van der Waals surface area contributed by atoms with Gasteiger partial charge in [0.15, 0.2) is 5.82 Å². The minimum Gasteiger partial charge on any atom is -0.391 e. The van der Waals surface area contributed by atoms with Gasteiger partial charge in [0.25, 0.3) is 5.91 Å². The van der Waals surface area contributed by atoms with Crippen molar-refractivity contribution in [3.8, 4) is 0 Å². The number of pyridine rings is 1. The first-order valence-corrected chi connectivity index (χ1v) is 14.3. The predicted molar refractivity (Wildman–Crippen MR) is 168 cm³/mol. The maximum Gasteiger partial charge on any atom is 0.255 e. The van der Waals surface area contributed by atoms with E-state index in [0.29, 0.717) is 24.6 Å². The zero-order valence-electron chi connectivity index (χ0n) is 24.5. The van der Waals surface area contributed by atoms with Gasteiger partial charge in [0.1, 0.15) is 18.3 Å². The molecule has 3 N–H and O–H groups in total. The van der Waals surface area contributed by atoms with Gasteiger partial charge in [0.2, 0.25) is 0 Å². The van der Waals surface area contributed by atoms with Gasteiger partial charge in [-0.15, -0.1) is 0 Å². The van der Waals surface area contributed by atoms with Crippen molar-refractivity contribution < 1.29 is 9.90 Å². The lowest BCUT2D eigenvalue weighted by atomic mass is 9.86. The first kappa shape index (κ1) is 27.5. The van der Waals surface area contributed by atoms with Crippen LogP contribution in [0, 0.1) is 6.92 Å². The minimum atomic E-state index is -0.316. The Morgan fingerprint density at radius 3 is 2.57 bits per heavy atom. The Morgan fingerprint density at radius 2 is 1.83 bits per heavy atom. The summed E-state index contributed by atoms with van der Waals surface area (Å²) in [4.78, 5) is 26.8. The second-order valence-corrected chi connectivity index (χ2v) is 12.0. The fourth-order valence-electron chi connectivity index (χ4n) is 5.46. The van der Waals surface area contributed by atoms with Crippen LogP contribution >= 0.6 is 0 Å². The van der Waals surface area contributed by atoms with Gasteiger partial charge in [-0.3, -0.25) is 4.79 Å². The van der Waals surface area contributed by atoms with Crippen molar-refractivity contribution in [3.05, 3.63) is 102 Å². The second-order valence-electron chi connectivity index (χ2n) is 12.0. The van der Waals surface area contributed by atoms with E-state index in [2.05, 4.69) is 56.8 Å². The first-order valence-electron chi connectivity index (χ1n) is 14.3. The highest BCUT2D eigenvalue weighted by Gasteiger charge is 2.24. The van der Waals surface area contributed by atoms with Gasteiger partial charge in [-0.25, -0.2) is 9.97 Å². The van der Waals surface area contributed by atoms with Crippen molar-refractivity contribution >= 4 is 34.6 Å². The number of hydrogen-bond acceptors (Lipinski definition) is 7. The molecule has 2 aliphatic heterocycles. The maximum atomic E-state index is 13.2. The zero-order chi connectivity index (χ0) is 29.4. The number of carbonyl (C=O) groups is 1. The number of amides is 1. The van der Waals surface area contributed by atoms with E-state index in [0.717, 1.165) is 47.2 Å². The molecule has 2 aromatic carbocycles. The third-order valence-corrected chi connectivity index (χ3v) is 7.91. The SMILES string of the molecule is Cc1c(NC(=O)c2ccc(C(C)(C)C)cc2)cccc1N1C=C(Nc2cccc(N3CCC(O)C3)n2)c2nccn2C1. The molecule has 0 aliphatic carbocycles. The quantitative estimate of drug-likeness (QED) is 0.281. The van der Waals surface area contributed by atoms with Crippen molar-refractivity contribution in [3.63, 3.8) is 0 Å². The van der Waals surface area contributed by atoms with Crippen LogP contribution in [-0.2, 0) is 12.1 Å². The number of nitrogens with zero attached hydrogens (tertiary/aromatic N) is 5. The molecule has 9 heteroatoms. The monoisotopic (exact) mass is 563 g/mol. The van der Waals surface area contributed by atoms with E-state index in [1.165, 1.54) is 5.56 Å². The largest absolute Gasteiger partial charge is 0.391 e. The fourth-order valence-corrected chi connectivity index (χ4v) is 5.46. The smallest absolute Gasteiger partial charge is 0.255 e. The molecule has 0 spiro atoms. The van der Waals surface area contributed by atoms with Crippen molar-refractivity contribution in [2.24, 2.45) is 0 Å². The van der Waals surface area contributed by atoms with Gasteiger partial charge in [-0.2, -0.15) is 0 Å². The van der Waals surface area contributed by atoms with E-state index in [1.807, 2.05) is 73.9 Å². The molecule has 1 fully saturated rings. The molecule has 0 saturated carbocycles. The molecule has 2 aliphatic rings. The van der Waals surface area contributed by atoms with Crippen molar-refractivity contribution in [2.45, 2.75) is 52.3 Å². The molecule has 0 radical (unpaired) electrons. The molecule has 0 bridgehead atoms. The molecular formula is C33H37N7O2. The van der Waals surface area contributed by atoms with Crippen molar-refractivity contribution in [1.29, 1.82) is 0 Å². The highest BCUT2D eigenvalue weighted by molar-refractivity contribution is 6.05. The lowest BCUT2D eigenvalue weighted by molar-refractivity contribution is 0.102. The summed E-state index contributed by atoms with van der Waals surface area (Å²) in [6, 6.07) is 19.6. The Balaban J connectivity index is 1.24. The molecule has 6 rings (SSSR count). The fraction of sp³-hybridized carbons (Fsp3) is 0.303. The Bertz CT molecular complexity index is 1630. The van der Waals surface area contributed by atoms with Gasteiger partial charge in [-0.1, -0.05) is 45.0 Å². The van der Waals surface area contributed by atoms with E-state index in [4.69, 9.17) is 4.98 Å². The van der Waals surface area contributed by atoms with Crippen LogP contribution in [0.25, 0.3) is 5.70 Å². The Labute approximate surface area is 246 Å². The maximum absolute atomic E-state index is 13.2. The second kappa shape index (κ2) is 11.0. The molecule has 9 nitrogen and oxygen atoms in total. The molecule has 1 atom stereocenters. The van der Waals surface area contributed by atoms with E-state index < -0.39 is 0 Å². The summed E-state index contributed by atoms with van der Waals surface area (Å²) in [5.74, 6) is 2.21. The summed E-state index contributed by atoms with van der Waals surface area (Å²) < 4.78 is 2.07. The number of imidazole rings is 1. The Kier molecular flexibility index (Phi) is 7.20. The standard InChI is InChI=1S/C33H37N7O2/c1-22-26(36-32(42)23-11-13-24(14-12-23)33(2,3)4)7-5-8-28(22)40-20-27(31-34-16-18-39(31)21-40)35-29-9-6-10-30(37-29)38-17-15-25(41)19-38/h5-14,16,18,20,25,41H,15,17,19,21H2,1-4H3,(H,35,37)(H,36,42). The third kappa shape index (κ3) is 5.60. The van der Waals surface area contributed by atoms with Crippen LogP contribution in [-0.4, -0.2) is 44.7 Å². The molecule has 4 heterocycles. The van der Waals surface area contributed by atoms with Gasteiger partial charge in [-0.05, 0) is 66.3 Å². The highest BCUT2D eigenvalue weighted by Crippen LogP contribution is 2.32. The van der Waals surface area contributed by atoms with Gasteiger partial charge in [0, 0.05) is 48.6 Å². The average Bonchev–Trinajstić information content (AvgIpc) is 3.63. The number of aliphatic hydroxyl groups is 1. The van der Waals surface area contributed by atoms with Crippen LogP contribution < -0.4 is 20.4 Å². The van der Waals surface area contributed by atoms with Crippen LogP contribution in [0.1, 0.15) is 54.5 Å². The zero-order valence-corrected chi connectivity index (χ0v) is 24.5. The summed E-state index contributed by atoms with van der Waals surface area (Å²) in [6.45, 7) is 10.5. The number of rotatable bonds is 6. The summed E-state index contributed by atoms with van der Waals surface area (Å²) in [6.07, 6.45) is 6.21. The number of carbonyl (C=O) groups excluding carboxylic acids is 1. The summed E-state index contributed by atoms with van der Waals surface area (Å²) in [7, 11) is 0. The van der Waals surface area contributed by atoms with E-state index in [1.54, 1.807) is 6.20 Å². The lowest BCUT2D eigenvalue weighted by Gasteiger charge is -2.30.